The zero-order valence-electron chi connectivity index (χ0n) is 16.4. The topological polar surface area (TPSA) is 95.5 Å². The number of benzene rings is 1. The van der Waals surface area contributed by atoms with Crippen LogP contribution in [-0.2, 0) is 0 Å². The quantitative estimate of drug-likeness (QED) is 0.183. The fraction of sp³-hybridized carbons (Fsp3) is 0.700. The third kappa shape index (κ3) is 9.92. The van der Waals surface area contributed by atoms with Crippen LogP contribution < -0.4 is 4.74 Å². The average Bonchev–Trinajstić information content (AvgIpc) is 2.65. The number of ether oxygens (including phenoxy) is 1. The van der Waals surface area contributed by atoms with Crippen LogP contribution in [0.5, 0.6) is 5.75 Å². The molecule has 0 aromatic heterocycles. The molecular weight excluding hydrogens is 348 g/mol. The molecule has 0 atom stereocenters. The van der Waals surface area contributed by atoms with Crippen molar-refractivity contribution in [3.63, 3.8) is 0 Å². The molecule has 1 aromatic rings. The highest BCUT2D eigenvalue weighted by Gasteiger charge is 2.20. The van der Waals surface area contributed by atoms with Crippen LogP contribution in [0.15, 0.2) is 18.2 Å². The van der Waals surface area contributed by atoms with Crippen molar-refractivity contribution >= 4 is 11.4 Å². The maximum absolute atomic E-state index is 11.0. The molecule has 27 heavy (non-hydrogen) atoms. The largest absolute Gasteiger partial charge is 0.487 e. The zero-order valence-corrected chi connectivity index (χ0v) is 16.4. The number of unbranched alkanes of at least 4 members (excludes halogenated alkanes) is 11. The van der Waals surface area contributed by atoms with Crippen LogP contribution in [0.1, 0.15) is 84.0 Å². The minimum absolute atomic E-state index is 0.0914. The number of nitro groups is 2. The summed E-state index contributed by atoms with van der Waals surface area (Å²) >= 11 is 0. The molecule has 0 aliphatic heterocycles. The van der Waals surface area contributed by atoms with Crippen molar-refractivity contribution in [3.05, 3.63) is 38.4 Å². The molecule has 7 nitrogen and oxygen atoms in total. The van der Waals surface area contributed by atoms with E-state index in [1.165, 1.54) is 69.9 Å². The fourth-order valence-corrected chi connectivity index (χ4v) is 3.01. The first-order valence-electron chi connectivity index (χ1n) is 10.1. The van der Waals surface area contributed by atoms with Gasteiger partial charge in [-0.1, -0.05) is 77.6 Å². The summed E-state index contributed by atoms with van der Waals surface area (Å²) in [5.74, 6) is 0.0914. The maximum Gasteiger partial charge on any atom is 0.317 e. The standard InChI is InChI=1S/C20H32N2O5/c1-2-3-4-5-6-7-8-9-10-11-12-13-16-27-20-15-14-18(21(23)24)17-19(20)22(25)26/h14-15,17H,2-13,16H2,1H3. The lowest BCUT2D eigenvalue weighted by molar-refractivity contribution is -0.394. The number of nitro benzene ring substituents is 2. The number of non-ortho nitro benzene ring substituents is 1. The number of rotatable bonds is 16. The number of hydrogen-bond donors (Lipinski definition) is 0. The molecule has 0 saturated carbocycles. The monoisotopic (exact) mass is 380 g/mol. The Morgan fingerprint density at radius 2 is 1.30 bits per heavy atom. The highest BCUT2D eigenvalue weighted by molar-refractivity contribution is 5.53. The van der Waals surface area contributed by atoms with Crippen LogP contribution in [0, 0.1) is 20.2 Å². The van der Waals surface area contributed by atoms with Gasteiger partial charge in [0, 0.05) is 6.07 Å². The van der Waals surface area contributed by atoms with Gasteiger partial charge in [-0.2, -0.15) is 0 Å². The highest BCUT2D eigenvalue weighted by Crippen LogP contribution is 2.31. The maximum atomic E-state index is 11.0. The van der Waals surface area contributed by atoms with E-state index in [-0.39, 0.29) is 17.1 Å². The van der Waals surface area contributed by atoms with Crippen LogP contribution >= 0.6 is 0 Å². The third-order valence-electron chi connectivity index (χ3n) is 4.61. The van der Waals surface area contributed by atoms with Gasteiger partial charge in [0.25, 0.3) is 5.69 Å². The van der Waals surface area contributed by atoms with E-state index >= 15 is 0 Å². The van der Waals surface area contributed by atoms with E-state index < -0.39 is 9.85 Å². The summed E-state index contributed by atoms with van der Waals surface area (Å²) in [6.45, 7) is 2.62. The first-order valence-corrected chi connectivity index (χ1v) is 10.1. The van der Waals surface area contributed by atoms with Crippen molar-refractivity contribution in [2.24, 2.45) is 0 Å². The molecule has 0 bridgehead atoms. The third-order valence-corrected chi connectivity index (χ3v) is 4.61. The summed E-state index contributed by atoms with van der Waals surface area (Å²) in [6, 6.07) is 3.47. The summed E-state index contributed by atoms with van der Waals surface area (Å²) in [6.07, 6.45) is 14.8. The Hall–Kier alpha value is -2.18. The molecule has 0 N–H and O–H groups in total. The van der Waals surface area contributed by atoms with E-state index in [1.54, 1.807) is 0 Å². The van der Waals surface area contributed by atoms with E-state index in [9.17, 15) is 20.2 Å². The zero-order chi connectivity index (χ0) is 19.9. The summed E-state index contributed by atoms with van der Waals surface area (Å²) in [4.78, 5) is 20.4. The first-order chi connectivity index (χ1) is 13.1. The lowest BCUT2D eigenvalue weighted by atomic mass is 10.1. The fourth-order valence-electron chi connectivity index (χ4n) is 3.01. The van der Waals surface area contributed by atoms with E-state index in [0.717, 1.165) is 25.3 Å². The molecule has 1 rings (SSSR count). The molecule has 0 radical (unpaired) electrons. The molecule has 0 aliphatic carbocycles. The van der Waals surface area contributed by atoms with E-state index in [1.807, 2.05) is 0 Å². The van der Waals surface area contributed by atoms with Gasteiger partial charge in [0.1, 0.15) is 0 Å². The van der Waals surface area contributed by atoms with Crippen LogP contribution in [0.25, 0.3) is 0 Å². The molecule has 0 unspecified atom stereocenters. The average molecular weight is 380 g/mol. The summed E-state index contributed by atoms with van der Waals surface area (Å²) < 4.78 is 5.46. The molecule has 0 aliphatic rings. The molecule has 0 spiro atoms. The molecule has 0 saturated heterocycles. The second kappa shape index (κ2) is 13.9. The minimum Gasteiger partial charge on any atom is -0.487 e. The van der Waals surface area contributed by atoms with Gasteiger partial charge in [-0.05, 0) is 12.5 Å². The summed E-state index contributed by atoms with van der Waals surface area (Å²) in [5.41, 5.74) is -0.664. The van der Waals surface area contributed by atoms with Gasteiger partial charge >= 0.3 is 5.69 Å². The van der Waals surface area contributed by atoms with Crippen molar-refractivity contribution in [1.82, 2.24) is 0 Å². The molecule has 0 fully saturated rings. The molecule has 0 amide bonds. The predicted molar refractivity (Wildman–Crippen MR) is 106 cm³/mol. The Balaban J connectivity index is 2.11. The van der Waals surface area contributed by atoms with Gasteiger partial charge in [0.05, 0.1) is 22.5 Å². The van der Waals surface area contributed by atoms with E-state index in [4.69, 9.17) is 4.74 Å². The van der Waals surface area contributed by atoms with Crippen LogP contribution in [0.3, 0.4) is 0 Å². The smallest absolute Gasteiger partial charge is 0.317 e. The molecule has 1 aromatic carbocycles. The van der Waals surface area contributed by atoms with Crippen LogP contribution in [-0.4, -0.2) is 16.5 Å². The van der Waals surface area contributed by atoms with Crippen molar-refractivity contribution in [2.45, 2.75) is 84.0 Å². The van der Waals surface area contributed by atoms with E-state index in [0.29, 0.717) is 6.61 Å². The second-order valence-electron chi connectivity index (χ2n) is 6.90. The summed E-state index contributed by atoms with van der Waals surface area (Å²) in [5, 5.41) is 21.7. The Morgan fingerprint density at radius 1 is 0.778 bits per heavy atom. The SMILES string of the molecule is CCCCCCCCCCCCCCOc1ccc([N+](=O)[O-])cc1[N+](=O)[O-]. The molecular formula is C20H32N2O5. The molecule has 7 heteroatoms. The van der Waals surface area contributed by atoms with Crippen molar-refractivity contribution < 1.29 is 14.6 Å². The van der Waals surface area contributed by atoms with Crippen molar-refractivity contribution in [1.29, 1.82) is 0 Å². The summed E-state index contributed by atoms with van der Waals surface area (Å²) in [7, 11) is 0. The molecule has 152 valence electrons. The van der Waals surface area contributed by atoms with Crippen LogP contribution in [0.2, 0.25) is 0 Å². The Morgan fingerprint density at radius 3 is 1.78 bits per heavy atom. The minimum atomic E-state index is -0.651. The van der Waals surface area contributed by atoms with Gasteiger partial charge in [-0.25, -0.2) is 0 Å². The van der Waals surface area contributed by atoms with E-state index in [2.05, 4.69) is 6.92 Å². The van der Waals surface area contributed by atoms with Gasteiger partial charge in [0.2, 0.25) is 0 Å². The van der Waals surface area contributed by atoms with Crippen molar-refractivity contribution in [2.75, 3.05) is 6.61 Å². The Kier molecular flexibility index (Phi) is 11.8. The normalized spacial score (nSPS) is 10.7. The van der Waals surface area contributed by atoms with Gasteiger partial charge in [-0.15, -0.1) is 0 Å². The van der Waals surface area contributed by atoms with Gasteiger partial charge < -0.3 is 4.74 Å². The highest BCUT2D eigenvalue weighted by atomic mass is 16.6. The first kappa shape index (κ1) is 22.9. The number of nitrogens with zero attached hydrogens (tertiary/aromatic N) is 2. The van der Waals surface area contributed by atoms with Crippen molar-refractivity contribution in [3.8, 4) is 5.75 Å². The molecule has 0 heterocycles. The lowest BCUT2D eigenvalue weighted by Crippen LogP contribution is -2.01. The Bertz CT molecular complexity index is 577. The second-order valence-corrected chi connectivity index (χ2v) is 6.90. The number of hydrogen-bond acceptors (Lipinski definition) is 5. The lowest BCUT2D eigenvalue weighted by Gasteiger charge is -2.07. The predicted octanol–water partition coefficient (Wildman–Crippen LogP) is 6.58. The van der Waals surface area contributed by atoms with Gasteiger partial charge in [-0.3, -0.25) is 20.2 Å². The Labute approximate surface area is 161 Å². The van der Waals surface area contributed by atoms with Gasteiger partial charge in [0.15, 0.2) is 5.75 Å². The van der Waals surface area contributed by atoms with Crippen LogP contribution in [0.4, 0.5) is 11.4 Å².